The average Bonchev–Trinajstić information content (AvgIpc) is 2.89. The molecule has 0 atom stereocenters. The number of anilines is 2. The molecule has 3 aromatic carbocycles. The van der Waals surface area contributed by atoms with Gasteiger partial charge in [0.2, 0.25) is 0 Å². The van der Waals surface area contributed by atoms with Crippen LogP contribution < -0.4 is 14.6 Å². The number of sulfonamides is 1. The lowest BCUT2D eigenvalue weighted by molar-refractivity contribution is 0.0955. The van der Waals surface area contributed by atoms with Gasteiger partial charge in [-0.05, 0) is 67.9 Å². The summed E-state index contributed by atoms with van der Waals surface area (Å²) in [6.45, 7) is 9.86. The summed E-state index contributed by atoms with van der Waals surface area (Å²) in [6, 6.07) is 22.4. The van der Waals surface area contributed by atoms with E-state index in [1.54, 1.807) is 60.8 Å². The van der Waals surface area contributed by atoms with Gasteiger partial charge in [-0.25, -0.2) is 13.8 Å². The second-order valence-electron chi connectivity index (χ2n) is 7.65. The van der Waals surface area contributed by atoms with Crippen LogP contribution >= 0.6 is 0 Å². The zero-order chi connectivity index (χ0) is 25.3. The number of carbonyl (C=O) groups excluding carboxylic acids is 1. The summed E-state index contributed by atoms with van der Waals surface area (Å²) in [7, 11) is -3.77. The second kappa shape index (κ2) is 12.0. The van der Waals surface area contributed by atoms with Crippen LogP contribution in [0, 0.1) is 0 Å². The molecule has 35 heavy (non-hydrogen) atoms. The Morgan fingerprint density at radius 1 is 0.914 bits per heavy atom. The van der Waals surface area contributed by atoms with Gasteiger partial charge in [0.05, 0.1) is 23.3 Å². The number of nitrogens with one attached hydrogen (secondary N) is 1. The summed E-state index contributed by atoms with van der Waals surface area (Å²) in [5.41, 5.74) is 5.30. The van der Waals surface area contributed by atoms with Crippen molar-refractivity contribution in [2.24, 2.45) is 5.10 Å². The molecular weight excluding hydrogens is 460 g/mol. The topological polar surface area (TPSA) is 82.1 Å². The summed E-state index contributed by atoms with van der Waals surface area (Å²) in [5, 5.41) is 4.04. The largest absolute Gasteiger partial charge is 0.372 e. The number of hydrogen-bond donors (Lipinski definition) is 1. The summed E-state index contributed by atoms with van der Waals surface area (Å²) in [5.74, 6) is -0.395. The summed E-state index contributed by atoms with van der Waals surface area (Å²) in [4.78, 5) is 14.9. The van der Waals surface area contributed by atoms with Gasteiger partial charge in [0, 0.05) is 24.3 Å². The van der Waals surface area contributed by atoms with Crippen LogP contribution in [0.15, 0.2) is 102 Å². The fourth-order valence-corrected chi connectivity index (χ4v) is 5.00. The van der Waals surface area contributed by atoms with Gasteiger partial charge in [0.25, 0.3) is 15.9 Å². The van der Waals surface area contributed by atoms with Crippen molar-refractivity contribution in [3.05, 3.63) is 103 Å². The smallest absolute Gasteiger partial charge is 0.271 e. The van der Waals surface area contributed by atoms with Crippen LogP contribution in [0.3, 0.4) is 0 Å². The maximum Gasteiger partial charge on any atom is 0.271 e. The van der Waals surface area contributed by atoms with Crippen LogP contribution in [0.5, 0.6) is 0 Å². The molecule has 3 rings (SSSR count). The molecule has 0 aliphatic carbocycles. The first kappa shape index (κ1) is 25.7. The Bertz CT molecular complexity index is 1250. The van der Waals surface area contributed by atoms with Gasteiger partial charge in [-0.2, -0.15) is 5.10 Å². The van der Waals surface area contributed by atoms with Crippen molar-refractivity contribution in [3.63, 3.8) is 0 Å². The summed E-state index contributed by atoms with van der Waals surface area (Å²) < 4.78 is 27.4. The molecule has 0 saturated carbocycles. The summed E-state index contributed by atoms with van der Waals surface area (Å²) >= 11 is 0. The number of hydrogen-bond acceptors (Lipinski definition) is 5. The first-order valence-corrected chi connectivity index (χ1v) is 12.8. The van der Waals surface area contributed by atoms with Gasteiger partial charge in [0.1, 0.15) is 0 Å². The minimum atomic E-state index is -3.77. The van der Waals surface area contributed by atoms with Gasteiger partial charge in [-0.1, -0.05) is 36.4 Å². The minimum Gasteiger partial charge on any atom is -0.372 e. The van der Waals surface area contributed by atoms with E-state index in [9.17, 15) is 13.2 Å². The molecule has 1 amide bonds. The van der Waals surface area contributed by atoms with E-state index in [1.165, 1.54) is 10.4 Å². The summed E-state index contributed by atoms with van der Waals surface area (Å²) in [6.07, 6.45) is 3.10. The van der Waals surface area contributed by atoms with E-state index in [0.29, 0.717) is 11.3 Å². The lowest BCUT2D eigenvalue weighted by Gasteiger charge is -2.23. The van der Waals surface area contributed by atoms with E-state index in [4.69, 9.17) is 0 Å². The van der Waals surface area contributed by atoms with Crippen molar-refractivity contribution in [2.75, 3.05) is 28.8 Å². The van der Waals surface area contributed by atoms with Crippen LogP contribution in [0.4, 0.5) is 11.4 Å². The Morgan fingerprint density at radius 3 is 2.09 bits per heavy atom. The quantitative estimate of drug-likeness (QED) is 0.240. The molecule has 0 aromatic heterocycles. The second-order valence-corrected chi connectivity index (χ2v) is 9.51. The molecule has 7 nitrogen and oxygen atoms in total. The molecule has 0 spiro atoms. The monoisotopic (exact) mass is 490 g/mol. The number of hydrazone groups is 1. The van der Waals surface area contributed by atoms with Gasteiger partial charge in [-0.3, -0.25) is 9.10 Å². The Labute approximate surface area is 207 Å². The molecule has 0 aliphatic rings. The predicted octanol–water partition coefficient (Wildman–Crippen LogP) is 4.68. The first-order valence-electron chi connectivity index (χ1n) is 11.4. The maximum atomic E-state index is 13.1. The highest BCUT2D eigenvalue weighted by atomic mass is 32.2. The molecule has 3 aromatic rings. The van der Waals surface area contributed by atoms with Gasteiger partial charge in [-0.15, -0.1) is 6.58 Å². The molecule has 8 heteroatoms. The molecular formula is C27H30N4O3S. The molecule has 0 unspecified atom stereocenters. The van der Waals surface area contributed by atoms with E-state index in [-0.39, 0.29) is 11.4 Å². The molecule has 0 aliphatic heterocycles. The van der Waals surface area contributed by atoms with Crippen LogP contribution in [0.2, 0.25) is 0 Å². The molecule has 0 bridgehead atoms. The van der Waals surface area contributed by atoms with Crippen LogP contribution in [0.1, 0.15) is 29.8 Å². The third-order valence-electron chi connectivity index (χ3n) is 5.44. The van der Waals surface area contributed by atoms with Crippen molar-refractivity contribution >= 4 is 33.5 Å². The van der Waals surface area contributed by atoms with Gasteiger partial charge < -0.3 is 4.90 Å². The maximum absolute atomic E-state index is 13.1. The number of nitrogens with zero attached hydrogens (tertiary/aromatic N) is 3. The third kappa shape index (κ3) is 6.36. The number of rotatable bonds is 11. The number of carbonyl (C=O) groups is 1. The Kier molecular flexibility index (Phi) is 8.80. The van der Waals surface area contributed by atoms with Gasteiger partial charge in [0.15, 0.2) is 0 Å². The Morgan fingerprint density at radius 2 is 1.51 bits per heavy atom. The molecule has 0 radical (unpaired) electrons. The highest BCUT2D eigenvalue weighted by Crippen LogP contribution is 2.24. The fourth-order valence-electron chi connectivity index (χ4n) is 3.55. The zero-order valence-electron chi connectivity index (χ0n) is 20.0. The average molecular weight is 491 g/mol. The molecule has 0 heterocycles. The minimum absolute atomic E-state index is 0.0973. The van der Waals surface area contributed by atoms with Crippen molar-refractivity contribution in [1.29, 1.82) is 0 Å². The van der Waals surface area contributed by atoms with E-state index >= 15 is 0 Å². The molecule has 1 N–H and O–H groups in total. The standard InChI is InChI=1S/C27H30N4O3S/c1-4-20-31(35(33,34)26-10-8-7-9-11-26)25-18-14-23(15-19-25)27(32)29-28-21-22-12-16-24(17-13-22)30(5-2)6-3/h4,7-19,21H,1,5-6,20H2,2-3H3,(H,29,32)/b28-21-. The first-order chi connectivity index (χ1) is 16.9. The predicted molar refractivity (Wildman–Crippen MR) is 143 cm³/mol. The molecule has 182 valence electrons. The van der Waals surface area contributed by atoms with E-state index < -0.39 is 15.9 Å². The molecule has 0 saturated heterocycles. The van der Waals surface area contributed by atoms with Crippen molar-refractivity contribution in [2.45, 2.75) is 18.7 Å². The van der Waals surface area contributed by atoms with Gasteiger partial charge >= 0.3 is 0 Å². The fraction of sp³-hybridized carbons (Fsp3) is 0.185. The Hall–Kier alpha value is -3.91. The lowest BCUT2D eigenvalue weighted by Crippen LogP contribution is -2.31. The zero-order valence-corrected chi connectivity index (χ0v) is 20.8. The van der Waals surface area contributed by atoms with Crippen LogP contribution in [-0.4, -0.2) is 40.2 Å². The van der Waals surface area contributed by atoms with Crippen LogP contribution in [-0.2, 0) is 10.0 Å². The van der Waals surface area contributed by atoms with Crippen molar-refractivity contribution < 1.29 is 13.2 Å². The number of benzene rings is 3. The van der Waals surface area contributed by atoms with E-state index in [0.717, 1.165) is 24.3 Å². The SMILES string of the molecule is C=CCN(c1ccc(C(=O)N/N=C\c2ccc(N(CC)CC)cc2)cc1)S(=O)(=O)c1ccccc1. The third-order valence-corrected chi connectivity index (χ3v) is 7.25. The van der Waals surface area contributed by atoms with Crippen molar-refractivity contribution in [1.82, 2.24) is 5.43 Å². The van der Waals surface area contributed by atoms with E-state index in [2.05, 4.69) is 35.9 Å². The van der Waals surface area contributed by atoms with Crippen LogP contribution in [0.25, 0.3) is 0 Å². The highest BCUT2D eigenvalue weighted by molar-refractivity contribution is 7.92. The van der Waals surface area contributed by atoms with Crippen molar-refractivity contribution in [3.8, 4) is 0 Å². The molecule has 0 fully saturated rings. The van der Waals surface area contributed by atoms with E-state index in [1.807, 2.05) is 24.3 Å². The number of amides is 1. The lowest BCUT2D eigenvalue weighted by atomic mass is 10.2. The highest BCUT2D eigenvalue weighted by Gasteiger charge is 2.23. The normalized spacial score (nSPS) is 11.3. The Balaban J connectivity index is 1.68.